The average molecular weight is 522 g/mol. The fourth-order valence-electron chi connectivity index (χ4n) is 3.61. The molecule has 1 saturated heterocycles. The number of ether oxygens (including phenoxy) is 1. The molecular weight excluding hydrogens is 494 g/mol. The molecule has 0 unspecified atom stereocenters. The Morgan fingerprint density at radius 2 is 1.41 bits per heavy atom. The van der Waals surface area contributed by atoms with Gasteiger partial charge in [0.1, 0.15) is 6.61 Å². The minimum absolute atomic E-state index is 0. The molecule has 1 N–H and O–H groups in total. The van der Waals surface area contributed by atoms with E-state index in [4.69, 9.17) is 33.0 Å². The van der Waals surface area contributed by atoms with Crippen LogP contribution < -0.4 is 0 Å². The molecule has 3 rings (SSSR count). The van der Waals surface area contributed by atoms with Crippen LogP contribution >= 0.6 is 48.0 Å². The Hall–Kier alpha value is -1.31. The zero-order chi connectivity index (χ0) is 21.3. The number of rotatable bonds is 9. The lowest BCUT2D eigenvalue weighted by Crippen LogP contribution is -2.47. The van der Waals surface area contributed by atoms with Crippen LogP contribution in [-0.4, -0.2) is 66.8 Å². The molecule has 1 aliphatic heterocycles. The van der Waals surface area contributed by atoms with Gasteiger partial charge in [-0.15, -0.1) is 24.8 Å². The lowest BCUT2D eigenvalue weighted by molar-refractivity contribution is -0.141. The number of nitrogens with zero attached hydrogens (tertiary/aromatic N) is 2. The van der Waals surface area contributed by atoms with Crippen molar-refractivity contribution in [2.24, 2.45) is 0 Å². The van der Waals surface area contributed by atoms with Crippen molar-refractivity contribution in [3.63, 3.8) is 0 Å². The molecule has 0 amide bonds. The first-order valence-corrected chi connectivity index (χ1v) is 10.7. The molecule has 5 nitrogen and oxygen atoms in total. The van der Waals surface area contributed by atoms with Gasteiger partial charge in [0.15, 0.2) is 0 Å². The van der Waals surface area contributed by atoms with E-state index in [2.05, 4.69) is 34.1 Å². The molecule has 0 radical (unpaired) electrons. The van der Waals surface area contributed by atoms with E-state index in [0.29, 0.717) is 6.61 Å². The number of hydrogen-bond acceptors (Lipinski definition) is 4. The monoisotopic (exact) mass is 520 g/mol. The first-order chi connectivity index (χ1) is 14.5. The lowest BCUT2D eigenvalue weighted by Gasteiger charge is -2.39. The van der Waals surface area contributed by atoms with Crippen LogP contribution in [0.5, 0.6) is 0 Å². The molecule has 176 valence electrons. The number of halogens is 4. The Balaban J connectivity index is 0.00000256. The molecule has 1 fully saturated rings. The zero-order valence-electron chi connectivity index (χ0n) is 17.5. The highest BCUT2D eigenvalue weighted by Gasteiger charge is 2.26. The largest absolute Gasteiger partial charge is 0.480 e. The highest BCUT2D eigenvalue weighted by atomic mass is 35.5. The van der Waals surface area contributed by atoms with Crippen LogP contribution in [0.1, 0.15) is 17.2 Å². The van der Waals surface area contributed by atoms with Crippen molar-refractivity contribution < 1.29 is 14.6 Å². The number of piperazine rings is 1. The molecule has 0 aromatic heterocycles. The van der Waals surface area contributed by atoms with E-state index < -0.39 is 5.97 Å². The van der Waals surface area contributed by atoms with E-state index in [0.717, 1.165) is 42.8 Å². The Labute approximate surface area is 211 Å². The van der Waals surface area contributed by atoms with Crippen molar-refractivity contribution in [2.75, 3.05) is 45.9 Å². The van der Waals surface area contributed by atoms with Crippen molar-refractivity contribution in [2.45, 2.75) is 6.04 Å². The van der Waals surface area contributed by atoms with E-state index in [-0.39, 0.29) is 37.5 Å². The van der Waals surface area contributed by atoms with Crippen molar-refractivity contribution in [1.82, 2.24) is 9.80 Å². The molecule has 0 bridgehead atoms. The highest BCUT2D eigenvalue weighted by molar-refractivity contribution is 6.30. The summed E-state index contributed by atoms with van der Waals surface area (Å²) in [6.07, 6.45) is 3.91. The topological polar surface area (TPSA) is 53.0 Å². The summed E-state index contributed by atoms with van der Waals surface area (Å²) in [5.74, 6) is -0.949. The summed E-state index contributed by atoms with van der Waals surface area (Å²) in [6, 6.07) is 16.3. The van der Waals surface area contributed by atoms with Crippen LogP contribution in [0.2, 0.25) is 10.0 Å². The molecule has 32 heavy (non-hydrogen) atoms. The van der Waals surface area contributed by atoms with E-state index in [1.165, 1.54) is 11.1 Å². The van der Waals surface area contributed by atoms with Gasteiger partial charge in [0, 0.05) is 42.8 Å². The quantitative estimate of drug-likeness (QED) is 0.363. The number of carboxylic acids is 1. The number of hydrogen-bond donors (Lipinski definition) is 1. The van der Waals surface area contributed by atoms with Gasteiger partial charge in [-0.2, -0.15) is 0 Å². The van der Waals surface area contributed by atoms with E-state index >= 15 is 0 Å². The highest BCUT2D eigenvalue weighted by Crippen LogP contribution is 2.31. The first-order valence-electron chi connectivity index (χ1n) is 9.95. The molecular formula is C23H28Cl4N2O3. The third kappa shape index (κ3) is 8.91. The number of benzene rings is 2. The zero-order valence-corrected chi connectivity index (χ0v) is 20.7. The van der Waals surface area contributed by atoms with Crippen molar-refractivity contribution in [3.8, 4) is 0 Å². The first kappa shape index (κ1) is 28.7. The fraction of sp³-hybridized carbons (Fsp3) is 0.348. The third-order valence-corrected chi connectivity index (χ3v) is 5.62. The number of carboxylic acid groups (broad SMARTS) is 1. The second-order valence-electron chi connectivity index (χ2n) is 7.22. The number of aliphatic carboxylic acids is 1. The van der Waals surface area contributed by atoms with E-state index in [9.17, 15) is 4.79 Å². The summed E-state index contributed by atoms with van der Waals surface area (Å²) in [5.41, 5.74) is 2.43. The van der Waals surface area contributed by atoms with Crippen LogP contribution in [0.3, 0.4) is 0 Å². The van der Waals surface area contributed by atoms with Gasteiger partial charge in [0.25, 0.3) is 0 Å². The molecule has 0 spiro atoms. The van der Waals surface area contributed by atoms with E-state index in [1.54, 1.807) is 0 Å². The van der Waals surface area contributed by atoms with Gasteiger partial charge < -0.3 is 9.84 Å². The van der Waals surface area contributed by atoms with Gasteiger partial charge in [-0.25, -0.2) is 4.79 Å². The molecule has 2 aromatic rings. The predicted molar refractivity (Wildman–Crippen MR) is 135 cm³/mol. The second kappa shape index (κ2) is 14.8. The van der Waals surface area contributed by atoms with E-state index in [1.807, 2.05) is 36.4 Å². The average Bonchev–Trinajstić information content (AvgIpc) is 2.74. The molecule has 0 aliphatic carbocycles. The maximum absolute atomic E-state index is 10.4. The maximum atomic E-state index is 10.4. The summed E-state index contributed by atoms with van der Waals surface area (Å²) >= 11 is 12.2. The summed E-state index contributed by atoms with van der Waals surface area (Å²) in [7, 11) is 0. The van der Waals surface area contributed by atoms with Crippen LogP contribution in [0.15, 0.2) is 60.7 Å². The minimum atomic E-state index is -0.949. The van der Waals surface area contributed by atoms with Gasteiger partial charge in [-0.3, -0.25) is 9.80 Å². The van der Waals surface area contributed by atoms with Gasteiger partial charge in [-0.05, 0) is 35.4 Å². The standard InChI is InChI=1S/C23H26Cl2N2O3.2ClH/c24-20-7-3-18(4-8-20)23(19-5-9-21(25)10-6-19)27-14-12-26(13-15-27)11-1-2-16-30-17-22(28)29;;/h1-10,23H,11-17H2,(H,28,29);2*1H. The van der Waals surface area contributed by atoms with Crippen LogP contribution in [-0.2, 0) is 9.53 Å². The Bertz CT molecular complexity index is 794. The van der Waals surface area contributed by atoms with Gasteiger partial charge in [0.05, 0.1) is 12.6 Å². The molecule has 1 heterocycles. The predicted octanol–water partition coefficient (Wildman–Crippen LogP) is 5.20. The summed E-state index contributed by atoms with van der Waals surface area (Å²) in [6.45, 7) is 4.69. The lowest BCUT2D eigenvalue weighted by atomic mass is 9.96. The summed E-state index contributed by atoms with van der Waals surface area (Å²) < 4.78 is 5.02. The van der Waals surface area contributed by atoms with Crippen LogP contribution in [0.4, 0.5) is 0 Å². The van der Waals surface area contributed by atoms with Gasteiger partial charge in [0.2, 0.25) is 0 Å². The summed E-state index contributed by atoms with van der Waals surface area (Å²) in [5, 5.41) is 10.0. The molecule has 1 aliphatic rings. The molecule has 0 saturated carbocycles. The normalized spacial score (nSPS) is 14.8. The fourth-order valence-corrected chi connectivity index (χ4v) is 3.87. The second-order valence-corrected chi connectivity index (χ2v) is 8.10. The molecule has 0 atom stereocenters. The summed E-state index contributed by atoms with van der Waals surface area (Å²) in [4.78, 5) is 15.3. The Kier molecular flexibility index (Phi) is 13.2. The maximum Gasteiger partial charge on any atom is 0.329 e. The van der Waals surface area contributed by atoms with Crippen molar-refractivity contribution in [3.05, 3.63) is 81.9 Å². The van der Waals surface area contributed by atoms with Crippen molar-refractivity contribution >= 4 is 54.0 Å². The molecule has 2 aromatic carbocycles. The third-order valence-electron chi connectivity index (χ3n) is 5.11. The van der Waals surface area contributed by atoms with Crippen molar-refractivity contribution in [1.29, 1.82) is 0 Å². The Morgan fingerprint density at radius 1 is 0.906 bits per heavy atom. The van der Waals surface area contributed by atoms with Crippen LogP contribution in [0.25, 0.3) is 0 Å². The van der Waals surface area contributed by atoms with Crippen LogP contribution in [0, 0.1) is 0 Å². The van der Waals surface area contributed by atoms with Gasteiger partial charge in [-0.1, -0.05) is 59.6 Å². The molecule has 9 heteroatoms. The smallest absolute Gasteiger partial charge is 0.329 e. The number of carbonyl (C=O) groups is 1. The SMILES string of the molecule is Cl.Cl.O=C(O)COCC=CCN1CCN(C(c2ccc(Cl)cc2)c2ccc(Cl)cc2)CC1. The Morgan fingerprint density at radius 3 is 1.88 bits per heavy atom. The van der Waals surface area contributed by atoms with Gasteiger partial charge >= 0.3 is 5.97 Å². The minimum Gasteiger partial charge on any atom is -0.480 e.